The van der Waals surface area contributed by atoms with Gasteiger partial charge in [-0.3, -0.25) is 9.69 Å². The first-order valence-corrected chi connectivity index (χ1v) is 12.3. The minimum Gasteiger partial charge on any atom is -0.337 e. The van der Waals surface area contributed by atoms with Crippen LogP contribution >= 0.6 is 46.7 Å². The molecule has 4 nitrogen and oxygen atoms in total. The second kappa shape index (κ2) is 8.72. The van der Waals surface area contributed by atoms with Crippen LogP contribution in [0.2, 0.25) is 10.0 Å². The summed E-state index contributed by atoms with van der Waals surface area (Å²) in [6.07, 6.45) is 0. The van der Waals surface area contributed by atoms with Crippen molar-refractivity contribution in [1.82, 2.24) is 0 Å². The summed E-state index contributed by atoms with van der Waals surface area (Å²) in [5, 5.41) is 2.49. The third-order valence-electron chi connectivity index (χ3n) is 5.23. The van der Waals surface area contributed by atoms with Gasteiger partial charge in [0.15, 0.2) is 5.17 Å². The lowest BCUT2D eigenvalue weighted by Gasteiger charge is -2.17. The molecule has 0 atom stereocenters. The van der Waals surface area contributed by atoms with Gasteiger partial charge in [-0.15, -0.1) is 0 Å². The van der Waals surface area contributed by atoms with Crippen molar-refractivity contribution in [2.75, 3.05) is 16.8 Å². The number of hydrogen-bond acceptors (Lipinski definition) is 5. The van der Waals surface area contributed by atoms with Crippen LogP contribution in [0.5, 0.6) is 0 Å². The Bertz CT molecular complexity index is 1360. The van der Waals surface area contributed by atoms with Gasteiger partial charge >= 0.3 is 0 Å². The molecule has 0 radical (unpaired) electrons. The number of halogens is 3. The zero-order valence-electron chi connectivity index (χ0n) is 17.5. The summed E-state index contributed by atoms with van der Waals surface area (Å²) in [5.74, 6) is -0.601. The largest absolute Gasteiger partial charge is 0.337 e. The van der Waals surface area contributed by atoms with Crippen LogP contribution in [-0.2, 0) is 4.79 Å². The normalized spacial score (nSPS) is 19.1. The first-order valence-electron chi connectivity index (χ1n) is 9.90. The molecule has 166 valence electrons. The molecule has 5 rings (SSSR count). The van der Waals surface area contributed by atoms with E-state index in [2.05, 4.69) is 0 Å². The molecule has 2 aliphatic rings. The number of fused-ring (bicyclic) bond motifs is 1. The van der Waals surface area contributed by atoms with Crippen LogP contribution in [0.3, 0.4) is 0 Å². The number of aryl methyl sites for hydroxylation is 1. The van der Waals surface area contributed by atoms with Gasteiger partial charge < -0.3 is 4.90 Å². The number of benzene rings is 3. The highest BCUT2D eigenvalue weighted by Crippen LogP contribution is 2.51. The zero-order chi connectivity index (χ0) is 23.3. The van der Waals surface area contributed by atoms with Gasteiger partial charge in [0.05, 0.1) is 22.1 Å². The summed E-state index contributed by atoms with van der Waals surface area (Å²) in [4.78, 5) is 23.4. The van der Waals surface area contributed by atoms with Crippen LogP contribution in [0.15, 0.2) is 80.5 Å². The van der Waals surface area contributed by atoms with Crippen LogP contribution in [-0.4, -0.2) is 18.1 Å². The van der Waals surface area contributed by atoms with Gasteiger partial charge in [-0.25, -0.2) is 9.38 Å². The molecular weight excluding hydrogens is 500 g/mol. The number of amides is 1. The van der Waals surface area contributed by atoms with Crippen molar-refractivity contribution >= 4 is 74.9 Å². The topological polar surface area (TPSA) is 35.9 Å². The molecular formula is C24H16Cl2FN3OS2. The number of rotatable bonds is 2. The van der Waals surface area contributed by atoms with E-state index in [0.717, 1.165) is 21.2 Å². The molecule has 0 bridgehead atoms. The van der Waals surface area contributed by atoms with Crippen LogP contribution in [0, 0.1) is 12.7 Å². The lowest BCUT2D eigenvalue weighted by atomic mass is 10.2. The molecule has 0 unspecified atom stereocenters. The third-order valence-corrected chi connectivity index (χ3v) is 8.27. The molecule has 3 aromatic rings. The highest BCUT2D eigenvalue weighted by atomic mass is 35.5. The quantitative estimate of drug-likeness (QED) is 0.329. The van der Waals surface area contributed by atoms with E-state index in [1.165, 1.54) is 40.6 Å². The zero-order valence-corrected chi connectivity index (χ0v) is 20.6. The van der Waals surface area contributed by atoms with E-state index < -0.39 is 0 Å². The van der Waals surface area contributed by atoms with Gasteiger partial charge in [0.1, 0.15) is 10.7 Å². The summed E-state index contributed by atoms with van der Waals surface area (Å²) in [6.45, 7) is 1.91. The first-order chi connectivity index (χ1) is 15.8. The molecule has 9 heteroatoms. The maximum atomic E-state index is 13.6. The van der Waals surface area contributed by atoms with Crippen molar-refractivity contribution in [3.8, 4) is 0 Å². The Balaban J connectivity index is 1.61. The maximum absolute atomic E-state index is 13.6. The van der Waals surface area contributed by atoms with E-state index >= 15 is 0 Å². The minimum absolute atomic E-state index is 0.225. The van der Waals surface area contributed by atoms with Crippen LogP contribution in [0.4, 0.5) is 21.5 Å². The fraction of sp³-hybridized carbons (Fsp3) is 0.0833. The number of amidine groups is 1. The van der Waals surface area contributed by atoms with Gasteiger partial charge in [0, 0.05) is 22.0 Å². The Hall–Kier alpha value is -2.45. The van der Waals surface area contributed by atoms with E-state index in [1.807, 2.05) is 49.2 Å². The molecule has 0 aliphatic carbocycles. The molecule has 33 heavy (non-hydrogen) atoms. The maximum Gasteiger partial charge on any atom is 0.274 e. The monoisotopic (exact) mass is 515 g/mol. The molecule has 1 fully saturated rings. The van der Waals surface area contributed by atoms with Crippen molar-refractivity contribution in [3.63, 3.8) is 0 Å². The Kier molecular flexibility index (Phi) is 5.91. The standard InChI is InChI=1S/C24H16Cl2FN3OS2/c1-13-3-7-16(12-18(13)26)28-24-30(17-8-5-15(27)6-9-17)22(31)21(33-24)23-29(2)19-11-14(25)4-10-20(19)32-23/h3-12H,1-2H3/b23-21-,28-24?. The van der Waals surface area contributed by atoms with Gasteiger partial charge in [-0.2, -0.15) is 0 Å². The second-order valence-corrected chi connectivity index (χ2v) is 10.3. The van der Waals surface area contributed by atoms with E-state index in [9.17, 15) is 9.18 Å². The average Bonchev–Trinajstić information content (AvgIpc) is 3.28. The fourth-order valence-electron chi connectivity index (χ4n) is 3.48. The Labute approximate surface area is 209 Å². The summed E-state index contributed by atoms with van der Waals surface area (Å²) < 4.78 is 13.6. The Morgan fingerprint density at radius 3 is 2.45 bits per heavy atom. The Morgan fingerprint density at radius 1 is 0.970 bits per heavy atom. The predicted molar refractivity (Wildman–Crippen MR) is 137 cm³/mol. The molecule has 2 heterocycles. The van der Waals surface area contributed by atoms with E-state index in [0.29, 0.717) is 31.5 Å². The fourth-order valence-corrected chi connectivity index (χ4v) is 6.14. The second-order valence-electron chi connectivity index (χ2n) is 7.45. The molecule has 0 spiro atoms. The van der Waals surface area contributed by atoms with Crippen LogP contribution in [0.25, 0.3) is 0 Å². The molecule has 0 aromatic heterocycles. The number of anilines is 2. The smallest absolute Gasteiger partial charge is 0.274 e. The van der Waals surface area contributed by atoms with Crippen molar-refractivity contribution in [3.05, 3.63) is 92.0 Å². The Morgan fingerprint density at radius 2 is 1.73 bits per heavy atom. The summed E-state index contributed by atoms with van der Waals surface area (Å²) >= 11 is 15.3. The van der Waals surface area contributed by atoms with Gasteiger partial charge in [-0.1, -0.05) is 41.0 Å². The van der Waals surface area contributed by atoms with E-state index in [1.54, 1.807) is 18.2 Å². The predicted octanol–water partition coefficient (Wildman–Crippen LogP) is 7.62. The van der Waals surface area contributed by atoms with Crippen LogP contribution in [0.1, 0.15) is 5.56 Å². The summed E-state index contributed by atoms with van der Waals surface area (Å²) in [5.41, 5.74) is 3.04. The number of carbonyl (C=O) groups excluding carboxylic acids is 1. The van der Waals surface area contributed by atoms with Gasteiger partial charge in [0.2, 0.25) is 0 Å². The van der Waals surface area contributed by atoms with Crippen molar-refractivity contribution in [2.24, 2.45) is 4.99 Å². The van der Waals surface area contributed by atoms with Gasteiger partial charge in [-0.05, 0) is 78.8 Å². The molecule has 2 aliphatic heterocycles. The highest BCUT2D eigenvalue weighted by Gasteiger charge is 2.40. The highest BCUT2D eigenvalue weighted by molar-refractivity contribution is 8.20. The molecule has 3 aromatic carbocycles. The average molecular weight is 516 g/mol. The number of hydrogen-bond donors (Lipinski definition) is 0. The third kappa shape index (κ3) is 4.15. The van der Waals surface area contributed by atoms with Crippen molar-refractivity contribution in [1.29, 1.82) is 0 Å². The minimum atomic E-state index is -0.376. The summed E-state index contributed by atoms with van der Waals surface area (Å²) in [7, 11) is 1.91. The molecule has 0 saturated carbocycles. The number of carbonyl (C=O) groups is 1. The molecule has 0 N–H and O–H groups in total. The van der Waals surface area contributed by atoms with Crippen molar-refractivity contribution < 1.29 is 9.18 Å². The SMILES string of the molecule is Cc1ccc(N=C2S/C(=C3\Sc4ccc(Cl)cc4N3C)C(=O)N2c2ccc(F)cc2)cc1Cl. The lowest BCUT2D eigenvalue weighted by Crippen LogP contribution is -2.29. The molecule has 1 amide bonds. The van der Waals surface area contributed by atoms with E-state index in [-0.39, 0.29) is 11.7 Å². The number of thioether (sulfide) groups is 2. The van der Waals surface area contributed by atoms with Crippen molar-refractivity contribution in [2.45, 2.75) is 11.8 Å². The van der Waals surface area contributed by atoms with Gasteiger partial charge in [0.25, 0.3) is 5.91 Å². The number of nitrogens with zero attached hydrogens (tertiary/aromatic N) is 3. The molecule has 1 saturated heterocycles. The van der Waals surface area contributed by atoms with Crippen LogP contribution < -0.4 is 9.80 Å². The lowest BCUT2D eigenvalue weighted by molar-refractivity contribution is -0.113. The van der Waals surface area contributed by atoms with E-state index in [4.69, 9.17) is 28.2 Å². The first kappa shape index (κ1) is 22.3. The number of aliphatic imine (C=N–C) groups is 1. The summed E-state index contributed by atoms with van der Waals surface area (Å²) in [6, 6.07) is 16.9.